The molecular formula is C18H31N3O2. The summed E-state index contributed by atoms with van der Waals surface area (Å²) in [5.41, 5.74) is 6.87. The first-order valence-corrected chi connectivity index (χ1v) is 8.46. The SMILES string of the molecule is CCCCCCCCNC(N)=NCc1cccc(OC)c1OC. The van der Waals surface area contributed by atoms with E-state index in [1.54, 1.807) is 14.2 Å². The van der Waals surface area contributed by atoms with Crippen LogP contribution in [0.3, 0.4) is 0 Å². The summed E-state index contributed by atoms with van der Waals surface area (Å²) in [5, 5.41) is 3.17. The molecule has 130 valence electrons. The lowest BCUT2D eigenvalue weighted by Gasteiger charge is -2.11. The maximum absolute atomic E-state index is 5.91. The predicted molar refractivity (Wildman–Crippen MR) is 96.3 cm³/mol. The van der Waals surface area contributed by atoms with Gasteiger partial charge in [0.15, 0.2) is 17.5 Å². The molecule has 0 heterocycles. The molecule has 1 aromatic carbocycles. The van der Waals surface area contributed by atoms with Crippen LogP contribution in [0.25, 0.3) is 0 Å². The molecule has 1 aromatic rings. The Hall–Kier alpha value is -1.91. The van der Waals surface area contributed by atoms with Crippen LogP contribution in [-0.2, 0) is 6.54 Å². The van der Waals surface area contributed by atoms with Crippen LogP contribution in [-0.4, -0.2) is 26.7 Å². The van der Waals surface area contributed by atoms with Crippen LogP contribution >= 0.6 is 0 Å². The number of ether oxygens (including phenoxy) is 2. The minimum Gasteiger partial charge on any atom is -0.493 e. The van der Waals surface area contributed by atoms with Gasteiger partial charge in [0.25, 0.3) is 0 Å². The van der Waals surface area contributed by atoms with Crippen LogP contribution in [0.2, 0.25) is 0 Å². The third kappa shape index (κ3) is 7.26. The van der Waals surface area contributed by atoms with E-state index >= 15 is 0 Å². The van der Waals surface area contributed by atoms with Crippen molar-refractivity contribution in [3.05, 3.63) is 23.8 Å². The maximum atomic E-state index is 5.91. The molecule has 0 fully saturated rings. The van der Waals surface area contributed by atoms with E-state index in [-0.39, 0.29) is 0 Å². The molecule has 5 heteroatoms. The largest absolute Gasteiger partial charge is 0.493 e. The van der Waals surface area contributed by atoms with Crippen molar-refractivity contribution in [2.24, 2.45) is 10.7 Å². The average Bonchev–Trinajstić information content (AvgIpc) is 2.58. The van der Waals surface area contributed by atoms with Crippen LogP contribution in [0.4, 0.5) is 0 Å². The van der Waals surface area contributed by atoms with Gasteiger partial charge in [-0.25, -0.2) is 4.99 Å². The number of unbranched alkanes of at least 4 members (excludes halogenated alkanes) is 5. The van der Waals surface area contributed by atoms with Gasteiger partial charge in [-0.1, -0.05) is 51.2 Å². The number of nitrogens with two attached hydrogens (primary N) is 1. The van der Waals surface area contributed by atoms with Crippen LogP contribution in [0.1, 0.15) is 51.0 Å². The Balaban J connectivity index is 2.36. The lowest BCUT2D eigenvalue weighted by molar-refractivity contribution is 0.352. The lowest BCUT2D eigenvalue weighted by atomic mass is 10.1. The summed E-state index contributed by atoms with van der Waals surface area (Å²) < 4.78 is 10.7. The van der Waals surface area contributed by atoms with E-state index in [1.807, 2.05) is 18.2 Å². The molecule has 0 saturated heterocycles. The molecule has 0 aromatic heterocycles. The third-order valence-corrected chi connectivity index (χ3v) is 3.74. The Morgan fingerprint density at radius 3 is 2.52 bits per heavy atom. The number of hydrogen-bond acceptors (Lipinski definition) is 3. The summed E-state index contributed by atoms with van der Waals surface area (Å²) in [7, 11) is 3.26. The van der Waals surface area contributed by atoms with Crippen molar-refractivity contribution in [2.45, 2.75) is 52.0 Å². The van der Waals surface area contributed by atoms with Crippen molar-refractivity contribution in [3.8, 4) is 11.5 Å². The summed E-state index contributed by atoms with van der Waals surface area (Å²) in [6.07, 6.45) is 7.61. The number of hydrogen-bond donors (Lipinski definition) is 2. The van der Waals surface area contributed by atoms with Crippen molar-refractivity contribution in [3.63, 3.8) is 0 Å². The number of rotatable bonds is 11. The van der Waals surface area contributed by atoms with E-state index in [4.69, 9.17) is 15.2 Å². The zero-order valence-electron chi connectivity index (χ0n) is 14.7. The number of nitrogens with zero attached hydrogens (tertiary/aromatic N) is 1. The molecule has 0 amide bonds. The highest BCUT2D eigenvalue weighted by Gasteiger charge is 2.08. The Labute approximate surface area is 140 Å². The maximum Gasteiger partial charge on any atom is 0.188 e. The van der Waals surface area contributed by atoms with Gasteiger partial charge in [0, 0.05) is 12.1 Å². The Kier molecular flexibility index (Phi) is 9.68. The van der Waals surface area contributed by atoms with E-state index in [0.29, 0.717) is 24.0 Å². The van der Waals surface area contributed by atoms with Crippen LogP contribution in [0, 0.1) is 0 Å². The summed E-state index contributed by atoms with van der Waals surface area (Å²) in [5.74, 6) is 1.89. The second-order valence-electron chi connectivity index (χ2n) is 5.55. The fourth-order valence-corrected chi connectivity index (χ4v) is 2.43. The predicted octanol–water partition coefficient (Wildman–Crippen LogP) is 3.47. The smallest absolute Gasteiger partial charge is 0.188 e. The molecule has 3 N–H and O–H groups in total. The Morgan fingerprint density at radius 1 is 1.09 bits per heavy atom. The molecule has 0 atom stereocenters. The lowest BCUT2D eigenvalue weighted by Crippen LogP contribution is -2.32. The van der Waals surface area contributed by atoms with Gasteiger partial charge in [-0.3, -0.25) is 0 Å². The van der Waals surface area contributed by atoms with Gasteiger partial charge in [0.05, 0.1) is 20.8 Å². The second-order valence-corrected chi connectivity index (χ2v) is 5.55. The quantitative estimate of drug-likeness (QED) is 0.372. The van der Waals surface area contributed by atoms with Gasteiger partial charge >= 0.3 is 0 Å². The standard InChI is InChI=1S/C18H31N3O2/c1-4-5-6-7-8-9-13-20-18(19)21-14-15-11-10-12-16(22-2)17(15)23-3/h10-12H,4-9,13-14H2,1-3H3,(H3,19,20,21). The third-order valence-electron chi connectivity index (χ3n) is 3.74. The van der Waals surface area contributed by atoms with E-state index in [0.717, 1.165) is 18.5 Å². The average molecular weight is 321 g/mol. The normalized spacial score (nSPS) is 11.3. The molecule has 1 rings (SSSR count). The number of nitrogens with one attached hydrogen (secondary N) is 1. The van der Waals surface area contributed by atoms with E-state index in [1.165, 1.54) is 32.1 Å². The summed E-state index contributed by atoms with van der Waals surface area (Å²) in [6, 6.07) is 5.75. The van der Waals surface area contributed by atoms with Crippen molar-refractivity contribution in [2.75, 3.05) is 20.8 Å². The summed E-state index contributed by atoms with van der Waals surface area (Å²) in [6.45, 7) is 3.57. The van der Waals surface area contributed by atoms with Crippen LogP contribution in [0.15, 0.2) is 23.2 Å². The van der Waals surface area contributed by atoms with E-state index < -0.39 is 0 Å². The highest BCUT2D eigenvalue weighted by molar-refractivity contribution is 5.77. The van der Waals surface area contributed by atoms with Gasteiger partial charge < -0.3 is 20.5 Å². The van der Waals surface area contributed by atoms with Gasteiger partial charge in [-0.15, -0.1) is 0 Å². The first-order chi connectivity index (χ1) is 11.2. The molecule has 0 radical (unpaired) electrons. The minimum atomic E-state index is 0.468. The molecule has 5 nitrogen and oxygen atoms in total. The molecule has 0 unspecified atom stereocenters. The number of methoxy groups -OCH3 is 2. The zero-order valence-corrected chi connectivity index (χ0v) is 14.7. The van der Waals surface area contributed by atoms with Crippen molar-refractivity contribution < 1.29 is 9.47 Å². The number of aliphatic imine (C=N–C) groups is 1. The summed E-state index contributed by atoms with van der Waals surface area (Å²) >= 11 is 0. The number of benzene rings is 1. The fourth-order valence-electron chi connectivity index (χ4n) is 2.43. The molecule has 0 saturated carbocycles. The molecule has 0 spiro atoms. The van der Waals surface area contributed by atoms with E-state index in [9.17, 15) is 0 Å². The van der Waals surface area contributed by atoms with Crippen molar-refractivity contribution in [1.29, 1.82) is 0 Å². The highest BCUT2D eigenvalue weighted by Crippen LogP contribution is 2.30. The van der Waals surface area contributed by atoms with Crippen LogP contribution < -0.4 is 20.5 Å². The Bertz CT molecular complexity index is 475. The molecule has 0 aliphatic heterocycles. The van der Waals surface area contributed by atoms with E-state index in [2.05, 4.69) is 17.2 Å². The molecule has 0 aliphatic rings. The number of guanidine groups is 1. The number of para-hydroxylation sites is 1. The van der Waals surface area contributed by atoms with Gasteiger partial charge in [0.1, 0.15) is 0 Å². The van der Waals surface area contributed by atoms with Crippen molar-refractivity contribution in [1.82, 2.24) is 5.32 Å². The zero-order chi connectivity index (χ0) is 16.9. The first-order valence-electron chi connectivity index (χ1n) is 8.46. The van der Waals surface area contributed by atoms with Gasteiger partial charge in [-0.05, 0) is 12.5 Å². The van der Waals surface area contributed by atoms with Crippen molar-refractivity contribution >= 4 is 5.96 Å². The van der Waals surface area contributed by atoms with Gasteiger partial charge in [-0.2, -0.15) is 0 Å². The minimum absolute atomic E-state index is 0.468. The molecule has 0 bridgehead atoms. The molecule has 23 heavy (non-hydrogen) atoms. The fraction of sp³-hybridized carbons (Fsp3) is 0.611. The topological polar surface area (TPSA) is 68.9 Å². The monoisotopic (exact) mass is 321 g/mol. The first kappa shape index (κ1) is 19.1. The highest BCUT2D eigenvalue weighted by atomic mass is 16.5. The van der Waals surface area contributed by atoms with Crippen LogP contribution in [0.5, 0.6) is 11.5 Å². The van der Waals surface area contributed by atoms with Gasteiger partial charge in [0.2, 0.25) is 0 Å². The Morgan fingerprint density at radius 2 is 1.83 bits per heavy atom. The summed E-state index contributed by atoms with van der Waals surface area (Å²) in [4.78, 5) is 4.37. The molecular weight excluding hydrogens is 290 g/mol. The molecule has 0 aliphatic carbocycles. The second kappa shape index (κ2) is 11.6.